The molecule has 0 radical (unpaired) electrons. The Balaban J connectivity index is 2.06. The highest BCUT2D eigenvalue weighted by Crippen LogP contribution is 2.34. The van der Waals surface area contributed by atoms with Crippen molar-refractivity contribution in [1.29, 1.82) is 0 Å². The Labute approximate surface area is 140 Å². The molecule has 112 valence electrons. The monoisotopic (exact) mass is 343 g/mol. The molecule has 5 heteroatoms. The first-order valence-corrected chi connectivity index (χ1v) is 7.67. The van der Waals surface area contributed by atoms with Crippen molar-refractivity contribution < 1.29 is 4.74 Å². The van der Waals surface area contributed by atoms with Gasteiger partial charge in [0.1, 0.15) is 5.75 Å². The van der Waals surface area contributed by atoms with Crippen LogP contribution in [-0.2, 0) is 6.42 Å². The van der Waals surface area contributed by atoms with Crippen molar-refractivity contribution in [3.63, 3.8) is 0 Å². The molecule has 0 saturated heterocycles. The van der Waals surface area contributed by atoms with Crippen LogP contribution < -0.4 is 10.1 Å². The maximum absolute atomic E-state index is 6.17. The topological polar surface area (TPSA) is 21.3 Å². The molecule has 0 aromatic heterocycles. The molecular weight excluding hydrogens is 329 g/mol. The number of anilines is 1. The maximum atomic E-state index is 6.17. The lowest BCUT2D eigenvalue weighted by molar-refractivity contribution is 0.414. The van der Waals surface area contributed by atoms with Crippen LogP contribution in [0.3, 0.4) is 0 Å². The fourth-order valence-corrected chi connectivity index (χ4v) is 3.02. The van der Waals surface area contributed by atoms with Crippen molar-refractivity contribution in [3.05, 3.63) is 57.0 Å². The summed E-state index contributed by atoms with van der Waals surface area (Å²) in [6.07, 6.45) is 0.847. The van der Waals surface area contributed by atoms with Crippen molar-refractivity contribution in [1.82, 2.24) is 0 Å². The molecule has 0 aliphatic heterocycles. The summed E-state index contributed by atoms with van der Waals surface area (Å²) in [5, 5.41) is 4.90. The quantitative estimate of drug-likeness (QED) is 0.751. The minimum absolute atomic E-state index is 0.176. The first kappa shape index (κ1) is 16.3. The van der Waals surface area contributed by atoms with Crippen LogP contribution in [0.4, 0.5) is 5.69 Å². The van der Waals surface area contributed by atoms with Crippen LogP contribution in [0.1, 0.15) is 12.5 Å². The minimum atomic E-state index is 0.176. The molecule has 1 unspecified atom stereocenters. The molecule has 0 amide bonds. The van der Waals surface area contributed by atoms with E-state index >= 15 is 0 Å². The lowest BCUT2D eigenvalue weighted by atomic mass is 10.1. The molecule has 0 fully saturated rings. The van der Waals surface area contributed by atoms with E-state index in [2.05, 4.69) is 12.2 Å². The van der Waals surface area contributed by atoms with Gasteiger partial charge < -0.3 is 10.1 Å². The summed E-state index contributed by atoms with van der Waals surface area (Å²) >= 11 is 18.3. The SMILES string of the molecule is COc1ccc(CC(C)Nc2c(Cl)cc(Cl)cc2Cl)cc1. The number of methoxy groups -OCH3 is 1. The van der Waals surface area contributed by atoms with Gasteiger partial charge in [-0.1, -0.05) is 46.9 Å². The Morgan fingerprint density at radius 2 is 1.62 bits per heavy atom. The molecule has 2 rings (SSSR count). The van der Waals surface area contributed by atoms with Crippen molar-refractivity contribution in [2.24, 2.45) is 0 Å². The zero-order valence-electron chi connectivity index (χ0n) is 11.8. The fraction of sp³-hybridized carbons (Fsp3) is 0.250. The number of benzene rings is 2. The molecule has 0 aliphatic rings. The van der Waals surface area contributed by atoms with Gasteiger partial charge in [-0.25, -0.2) is 0 Å². The molecule has 1 atom stereocenters. The summed E-state index contributed by atoms with van der Waals surface area (Å²) in [6, 6.07) is 11.5. The average molecular weight is 345 g/mol. The van der Waals surface area contributed by atoms with Crippen LogP contribution in [-0.4, -0.2) is 13.2 Å². The van der Waals surface area contributed by atoms with Crippen molar-refractivity contribution >= 4 is 40.5 Å². The second kappa shape index (κ2) is 7.26. The van der Waals surface area contributed by atoms with Crippen LogP contribution in [0, 0.1) is 0 Å². The lowest BCUT2D eigenvalue weighted by Crippen LogP contribution is -2.18. The highest BCUT2D eigenvalue weighted by atomic mass is 35.5. The molecule has 0 heterocycles. The van der Waals surface area contributed by atoms with E-state index in [-0.39, 0.29) is 6.04 Å². The predicted molar refractivity (Wildman–Crippen MR) is 91.3 cm³/mol. The maximum Gasteiger partial charge on any atom is 0.118 e. The summed E-state index contributed by atoms with van der Waals surface area (Å²) in [5.74, 6) is 0.850. The summed E-state index contributed by atoms with van der Waals surface area (Å²) in [7, 11) is 1.66. The van der Waals surface area contributed by atoms with Crippen molar-refractivity contribution in [2.75, 3.05) is 12.4 Å². The van der Waals surface area contributed by atoms with Gasteiger partial charge in [-0.3, -0.25) is 0 Å². The van der Waals surface area contributed by atoms with E-state index in [9.17, 15) is 0 Å². The highest BCUT2D eigenvalue weighted by molar-refractivity contribution is 6.41. The van der Waals surface area contributed by atoms with Gasteiger partial charge in [-0.2, -0.15) is 0 Å². The predicted octanol–water partition coefficient (Wildman–Crippen LogP) is 5.70. The molecule has 0 saturated carbocycles. The standard InChI is InChI=1S/C16H16Cl3NO/c1-10(7-11-3-5-13(21-2)6-4-11)20-16-14(18)8-12(17)9-15(16)19/h3-6,8-10,20H,7H2,1-2H3. The third-order valence-corrected chi connectivity index (χ3v) is 3.91. The number of halogens is 3. The van der Waals surface area contributed by atoms with Gasteiger partial charge in [0.15, 0.2) is 0 Å². The molecule has 0 bridgehead atoms. The largest absolute Gasteiger partial charge is 0.497 e. The smallest absolute Gasteiger partial charge is 0.118 e. The zero-order valence-corrected chi connectivity index (χ0v) is 14.1. The average Bonchev–Trinajstić information content (AvgIpc) is 2.43. The molecule has 21 heavy (non-hydrogen) atoms. The molecule has 2 nitrogen and oxygen atoms in total. The summed E-state index contributed by atoms with van der Waals surface area (Å²) < 4.78 is 5.15. The molecule has 0 aliphatic carbocycles. The third-order valence-electron chi connectivity index (χ3n) is 3.10. The van der Waals surface area contributed by atoms with Gasteiger partial charge in [-0.15, -0.1) is 0 Å². The molecule has 2 aromatic carbocycles. The van der Waals surface area contributed by atoms with Crippen molar-refractivity contribution in [2.45, 2.75) is 19.4 Å². The lowest BCUT2D eigenvalue weighted by Gasteiger charge is -2.18. The third kappa shape index (κ3) is 4.44. The highest BCUT2D eigenvalue weighted by Gasteiger charge is 2.11. The van der Waals surface area contributed by atoms with E-state index in [1.54, 1.807) is 19.2 Å². The number of rotatable bonds is 5. The van der Waals surface area contributed by atoms with Gasteiger partial charge in [0.25, 0.3) is 0 Å². The number of hydrogen-bond acceptors (Lipinski definition) is 2. The van der Waals surface area contributed by atoms with Crippen LogP contribution in [0.15, 0.2) is 36.4 Å². The summed E-state index contributed by atoms with van der Waals surface area (Å²) in [6.45, 7) is 2.07. The van der Waals surface area contributed by atoms with Crippen LogP contribution in [0.25, 0.3) is 0 Å². The molecule has 1 N–H and O–H groups in total. The van der Waals surface area contributed by atoms with Gasteiger partial charge >= 0.3 is 0 Å². The Bertz CT molecular complexity index is 590. The van der Waals surface area contributed by atoms with Crippen LogP contribution >= 0.6 is 34.8 Å². The Hall–Kier alpha value is -1.09. The van der Waals surface area contributed by atoms with Crippen LogP contribution in [0.5, 0.6) is 5.75 Å². The van der Waals surface area contributed by atoms with Gasteiger partial charge in [-0.05, 0) is 43.2 Å². The van der Waals surface area contributed by atoms with E-state index in [4.69, 9.17) is 39.5 Å². The van der Waals surface area contributed by atoms with E-state index in [0.29, 0.717) is 20.8 Å². The van der Waals surface area contributed by atoms with Gasteiger partial charge in [0.05, 0.1) is 22.8 Å². The van der Waals surface area contributed by atoms with E-state index in [1.165, 1.54) is 5.56 Å². The van der Waals surface area contributed by atoms with Gasteiger partial charge in [0, 0.05) is 11.1 Å². The second-order valence-corrected chi connectivity index (χ2v) is 6.09. The van der Waals surface area contributed by atoms with E-state index < -0.39 is 0 Å². The van der Waals surface area contributed by atoms with E-state index in [1.807, 2.05) is 24.3 Å². The normalized spacial score (nSPS) is 12.0. The molecule has 0 spiro atoms. The number of hydrogen-bond donors (Lipinski definition) is 1. The Morgan fingerprint density at radius 1 is 1.05 bits per heavy atom. The van der Waals surface area contributed by atoms with Crippen molar-refractivity contribution in [3.8, 4) is 5.75 Å². The first-order valence-electron chi connectivity index (χ1n) is 6.53. The number of ether oxygens (including phenoxy) is 1. The minimum Gasteiger partial charge on any atom is -0.497 e. The first-order chi connectivity index (χ1) is 9.99. The van der Waals surface area contributed by atoms with Gasteiger partial charge in [0.2, 0.25) is 0 Å². The van der Waals surface area contributed by atoms with E-state index in [0.717, 1.165) is 12.2 Å². The summed E-state index contributed by atoms with van der Waals surface area (Å²) in [5.41, 5.74) is 1.92. The molecular formula is C16H16Cl3NO. The van der Waals surface area contributed by atoms with Crippen LogP contribution in [0.2, 0.25) is 15.1 Å². The number of nitrogens with one attached hydrogen (secondary N) is 1. The zero-order chi connectivity index (χ0) is 15.4. The molecule has 2 aromatic rings. The fourth-order valence-electron chi connectivity index (χ4n) is 2.09. The Morgan fingerprint density at radius 3 is 2.14 bits per heavy atom. The summed E-state index contributed by atoms with van der Waals surface area (Å²) in [4.78, 5) is 0. The second-order valence-electron chi connectivity index (χ2n) is 4.84. The Kier molecular flexibility index (Phi) is 5.63.